The van der Waals surface area contributed by atoms with Crippen LogP contribution in [0.2, 0.25) is 0 Å². The molecular weight excluding hydrogens is 997 g/mol. The molecule has 0 spiro atoms. The Kier molecular flexibility index (Phi) is 48.7. The largest absolute Gasteiger partial charge is 0.479 e. The van der Waals surface area contributed by atoms with Gasteiger partial charge in [-0.2, -0.15) is 0 Å². The summed E-state index contributed by atoms with van der Waals surface area (Å²) in [6.07, 6.45) is 62.8. The van der Waals surface area contributed by atoms with Crippen molar-refractivity contribution in [3.05, 3.63) is 134 Å². The Labute approximate surface area is 477 Å². The molecule has 3 N–H and O–H groups in total. The SMILES string of the molecule is CC/C=C\C/C=C\C/C=C\C/C=C\CCCCC(=O)OC(COC(=O)CCCCCCCC/C=C\C/C=C\C/C=C\CCCCC)COC1OC(C(=O)O)C(O)C(O)C1OC(=O)CCCC/C=C\C/C=C\C/C=C\C/C=C\CC. The van der Waals surface area contributed by atoms with E-state index in [2.05, 4.69) is 154 Å². The Morgan fingerprint density at radius 2 is 0.797 bits per heavy atom. The van der Waals surface area contributed by atoms with Gasteiger partial charge in [-0.3, -0.25) is 14.4 Å². The molecule has 444 valence electrons. The highest BCUT2D eigenvalue weighted by atomic mass is 16.7. The van der Waals surface area contributed by atoms with Gasteiger partial charge in [0.15, 0.2) is 24.6 Å². The summed E-state index contributed by atoms with van der Waals surface area (Å²) in [6, 6.07) is 0. The fourth-order valence-corrected chi connectivity index (χ4v) is 8.12. The summed E-state index contributed by atoms with van der Waals surface area (Å²) in [7, 11) is 0. The number of ether oxygens (including phenoxy) is 5. The standard InChI is InChI=1S/C67H104O12/c1-4-7-10-13-16-19-22-25-28-29-30-31-34-35-38-41-44-47-50-53-59(68)75-56-58(77-60(69)54-51-48-45-42-39-36-32-26-23-20-17-14-11-8-5-2)57-76-67-65(63(72)62(71)64(79-67)66(73)74)78-61(70)55-52-49-46-43-40-37-33-27-24-21-18-15-12-9-6-3/h8-9,11-12,16-21,25-28,30-33,39-40,42-43,58,62-65,67,71-72H,4-7,10,13-15,22-24,29,34-38,41,44-57H2,1-3H3,(H,73,74)/b11-8-,12-9-,19-16-,20-17-,21-18-,28-25-,31-30-,32-26-,33-27-,42-39-,43-40-. The third-order valence-electron chi connectivity index (χ3n) is 12.7. The summed E-state index contributed by atoms with van der Waals surface area (Å²) in [5.74, 6) is -3.27. The minimum Gasteiger partial charge on any atom is -0.479 e. The van der Waals surface area contributed by atoms with Crippen LogP contribution >= 0.6 is 0 Å². The third-order valence-corrected chi connectivity index (χ3v) is 12.7. The van der Waals surface area contributed by atoms with E-state index in [4.69, 9.17) is 23.7 Å². The van der Waals surface area contributed by atoms with Gasteiger partial charge in [0.25, 0.3) is 0 Å². The van der Waals surface area contributed by atoms with Crippen molar-refractivity contribution in [1.29, 1.82) is 0 Å². The molecule has 0 radical (unpaired) electrons. The third kappa shape index (κ3) is 43.4. The van der Waals surface area contributed by atoms with Crippen LogP contribution in [-0.4, -0.2) is 89.2 Å². The molecule has 0 aromatic heterocycles. The van der Waals surface area contributed by atoms with E-state index in [-0.39, 0.29) is 25.9 Å². The van der Waals surface area contributed by atoms with Gasteiger partial charge in [-0.15, -0.1) is 0 Å². The zero-order valence-electron chi connectivity index (χ0n) is 48.8. The number of hydrogen-bond acceptors (Lipinski definition) is 11. The molecule has 0 aliphatic carbocycles. The highest BCUT2D eigenvalue weighted by molar-refractivity contribution is 5.74. The number of unbranched alkanes of at least 4 members (excludes halogenated alkanes) is 13. The van der Waals surface area contributed by atoms with E-state index < -0.39 is 67.3 Å². The molecule has 6 atom stereocenters. The van der Waals surface area contributed by atoms with Crippen molar-refractivity contribution in [3.8, 4) is 0 Å². The Bertz CT molecular complexity index is 1880. The highest BCUT2D eigenvalue weighted by Gasteiger charge is 2.50. The number of carboxylic acid groups (broad SMARTS) is 1. The second-order valence-corrected chi connectivity index (χ2v) is 19.9. The maximum Gasteiger partial charge on any atom is 0.335 e. The van der Waals surface area contributed by atoms with Crippen LogP contribution in [0.5, 0.6) is 0 Å². The van der Waals surface area contributed by atoms with Crippen LogP contribution < -0.4 is 0 Å². The maximum absolute atomic E-state index is 13.1. The lowest BCUT2D eigenvalue weighted by Crippen LogP contribution is -2.61. The minimum atomic E-state index is -1.93. The molecule has 1 aliphatic rings. The molecule has 0 amide bonds. The predicted octanol–water partition coefficient (Wildman–Crippen LogP) is 15.8. The summed E-state index contributed by atoms with van der Waals surface area (Å²) >= 11 is 0. The number of carbonyl (C=O) groups excluding carboxylic acids is 3. The number of aliphatic carboxylic acids is 1. The molecule has 1 fully saturated rings. The summed E-state index contributed by atoms with van der Waals surface area (Å²) < 4.78 is 28.3. The smallest absolute Gasteiger partial charge is 0.335 e. The molecule has 6 unspecified atom stereocenters. The molecule has 1 aliphatic heterocycles. The van der Waals surface area contributed by atoms with E-state index in [0.29, 0.717) is 25.7 Å². The predicted molar refractivity (Wildman–Crippen MR) is 321 cm³/mol. The Hall–Kier alpha value is -5.14. The summed E-state index contributed by atoms with van der Waals surface area (Å²) in [5, 5.41) is 31.5. The van der Waals surface area contributed by atoms with Gasteiger partial charge in [-0.25, -0.2) is 4.79 Å². The number of allylic oxidation sites excluding steroid dienone is 22. The molecule has 12 heteroatoms. The van der Waals surface area contributed by atoms with Crippen LogP contribution in [0.1, 0.15) is 213 Å². The van der Waals surface area contributed by atoms with Crippen LogP contribution in [-0.2, 0) is 42.9 Å². The van der Waals surface area contributed by atoms with Gasteiger partial charge in [-0.05, 0) is 135 Å². The zero-order chi connectivity index (χ0) is 57.5. The number of carbonyl (C=O) groups is 4. The lowest BCUT2D eigenvalue weighted by Gasteiger charge is -2.40. The van der Waals surface area contributed by atoms with E-state index >= 15 is 0 Å². The molecule has 1 rings (SSSR count). The summed E-state index contributed by atoms with van der Waals surface area (Å²) in [5.41, 5.74) is 0. The first-order valence-corrected chi connectivity index (χ1v) is 30.2. The Balaban J connectivity index is 2.75. The quantitative estimate of drug-likeness (QED) is 0.0228. The number of hydrogen-bond donors (Lipinski definition) is 3. The lowest BCUT2D eigenvalue weighted by molar-refractivity contribution is -0.301. The summed E-state index contributed by atoms with van der Waals surface area (Å²) in [6.45, 7) is 5.66. The van der Waals surface area contributed by atoms with Crippen molar-refractivity contribution in [1.82, 2.24) is 0 Å². The number of aliphatic hydroxyl groups excluding tert-OH is 2. The van der Waals surface area contributed by atoms with Crippen LogP contribution in [0, 0.1) is 0 Å². The molecule has 0 bridgehead atoms. The second-order valence-electron chi connectivity index (χ2n) is 19.9. The Morgan fingerprint density at radius 3 is 1.24 bits per heavy atom. The second kappa shape index (κ2) is 53.5. The fraction of sp³-hybridized carbons (Fsp3) is 0.612. The molecule has 1 heterocycles. The van der Waals surface area contributed by atoms with Gasteiger partial charge < -0.3 is 39.0 Å². The normalized spacial score (nSPS) is 18.8. The summed E-state index contributed by atoms with van der Waals surface area (Å²) in [4.78, 5) is 51.2. The lowest BCUT2D eigenvalue weighted by atomic mass is 9.98. The Morgan fingerprint density at radius 1 is 0.430 bits per heavy atom. The van der Waals surface area contributed by atoms with Gasteiger partial charge in [0.1, 0.15) is 18.8 Å². The van der Waals surface area contributed by atoms with Gasteiger partial charge in [0.2, 0.25) is 0 Å². The van der Waals surface area contributed by atoms with Gasteiger partial charge in [0.05, 0.1) is 6.61 Å². The van der Waals surface area contributed by atoms with Crippen molar-refractivity contribution in [2.24, 2.45) is 0 Å². The van der Waals surface area contributed by atoms with Crippen molar-refractivity contribution >= 4 is 23.9 Å². The van der Waals surface area contributed by atoms with Gasteiger partial charge in [0, 0.05) is 19.3 Å². The first-order chi connectivity index (χ1) is 38.6. The fourth-order valence-electron chi connectivity index (χ4n) is 8.12. The topological polar surface area (TPSA) is 175 Å². The highest BCUT2D eigenvalue weighted by Crippen LogP contribution is 2.26. The molecule has 1 saturated heterocycles. The van der Waals surface area contributed by atoms with Gasteiger partial charge >= 0.3 is 23.9 Å². The monoisotopic (exact) mass is 1100 g/mol. The average molecular weight is 1100 g/mol. The number of aliphatic hydroxyl groups is 2. The first kappa shape index (κ1) is 71.9. The molecule has 79 heavy (non-hydrogen) atoms. The van der Waals surface area contributed by atoms with Crippen molar-refractivity contribution < 1.29 is 58.2 Å². The van der Waals surface area contributed by atoms with Crippen LogP contribution in [0.3, 0.4) is 0 Å². The number of rotatable bonds is 49. The molecular formula is C67H104O12. The molecule has 0 aromatic carbocycles. The average Bonchev–Trinajstić information content (AvgIpc) is 3.46. The maximum atomic E-state index is 13.1. The molecule has 0 saturated carbocycles. The minimum absolute atomic E-state index is 0.00573. The molecule has 12 nitrogen and oxygen atoms in total. The van der Waals surface area contributed by atoms with Crippen molar-refractivity contribution in [3.63, 3.8) is 0 Å². The number of esters is 3. The number of carboxylic acids is 1. The van der Waals surface area contributed by atoms with E-state index in [0.717, 1.165) is 122 Å². The van der Waals surface area contributed by atoms with E-state index in [1.165, 1.54) is 25.7 Å². The van der Waals surface area contributed by atoms with E-state index in [1.54, 1.807) is 0 Å². The van der Waals surface area contributed by atoms with Crippen LogP contribution in [0.4, 0.5) is 0 Å². The van der Waals surface area contributed by atoms with Crippen molar-refractivity contribution in [2.75, 3.05) is 13.2 Å². The van der Waals surface area contributed by atoms with Crippen LogP contribution in [0.25, 0.3) is 0 Å². The molecule has 0 aromatic rings. The zero-order valence-corrected chi connectivity index (χ0v) is 48.8. The van der Waals surface area contributed by atoms with E-state index in [9.17, 15) is 34.5 Å². The van der Waals surface area contributed by atoms with Gasteiger partial charge in [-0.1, -0.05) is 193 Å². The van der Waals surface area contributed by atoms with E-state index in [1.807, 2.05) is 0 Å². The van der Waals surface area contributed by atoms with Crippen molar-refractivity contribution in [2.45, 2.75) is 250 Å². The van der Waals surface area contributed by atoms with Crippen LogP contribution in [0.15, 0.2) is 134 Å². The first-order valence-electron chi connectivity index (χ1n) is 30.2.